The zero-order chi connectivity index (χ0) is 16.7. The van der Waals surface area contributed by atoms with E-state index in [0.29, 0.717) is 17.8 Å². The maximum atomic E-state index is 2.48. The van der Waals surface area contributed by atoms with Gasteiger partial charge in [-0.1, -0.05) is 103 Å². The molecular formula is C25H22. The lowest BCUT2D eigenvalue weighted by atomic mass is 9.59. The van der Waals surface area contributed by atoms with Crippen LogP contribution < -0.4 is 0 Å². The van der Waals surface area contributed by atoms with Gasteiger partial charge >= 0.3 is 0 Å². The highest BCUT2D eigenvalue weighted by Gasteiger charge is 2.57. The smallest absolute Gasteiger partial charge is 0.0339 e. The molecule has 0 heteroatoms. The molecule has 122 valence electrons. The summed E-state index contributed by atoms with van der Waals surface area (Å²) >= 11 is 0. The van der Waals surface area contributed by atoms with Crippen LogP contribution in [0.2, 0.25) is 0 Å². The van der Waals surface area contributed by atoms with Crippen LogP contribution in [-0.4, -0.2) is 0 Å². The SMILES string of the molecule is C1=CC2CC1C(c1ccccc1)C2(c1ccccc1)c1ccccc1. The van der Waals surface area contributed by atoms with Gasteiger partial charge in [-0.15, -0.1) is 0 Å². The first-order valence-corrected chi connectivity index (χ1v) is 9.25. The average Bonchev–Trinajstić information content (AvgIpc) is 3.30. The second kappa shape index (κ2) is 5.74. The van der Waals surface area contributed by atoms with Gasteiger partial charge in [0.25, 0.3) is 0 Å². The summed E-state index contributed by atoms with van der Waals surface area (Å²) in [5.74, 6) is 1.67. The maximum Gasteiger partial charge on any atom is 0.0339 e. The third-order valence-corrected chi connectivity index (χ3v) is 6.28. The number of hydrogen-bond acceptors (Lipinski definition) is 0. The number of allylic oxidation sites excluding steroid dienone is 2. The molecule has 25 heavy (non-hydrogen) atoms. The van der Waals surface area contributed by atoms with E-state index in [1.807, 2.05) is 0 Å². The lowest BCUT2D eigenvalue weighted by Gasteiger charge is -2.43. The van der Waals surface area contributed by atoms with E-state index in [1.54, 1.807) is 0 Å². The summed E-state index contributed by atoms with van der Waals surface area (Å²) in [6.07, 6.45) is 6.19. The molecule has 0 spiro atoms. The fourth-order valence-electron chi connectivity index (χ4n) is 5.43. The van der Waals surface area contributed by atoms with Crippen LogP contribution in [0.1, 0.15) is 29.0 Å². The molecule has 1 saturated carbocycles. The first kappa shape index (κ1) is 14.7. The quantitative estimate of drug-likeness (QED) is 0.522. The molecule has 0 N–H and O–H groups in total. The molecule has 2 bridgehead atoms. The Balaban J connectivity index is 1.81. The molecule has 0 aliphatic heterocycles. The Kier molecular flexibility index (Phi) is 3.38. The van der Waals surface area contributed by atoms with Crippen molar-refractivity contribution in [3.63, 3.8) is 0 Å². The van der Waals surface area contributed by atoms with E-state index >= 15 is 0 Å². The molecule has 0 radical (unpaired) electrons. The standard InChI is InChI=1S/C25H22/c1-4-10-19(11-5-1)24-20-16-17-23(18-20)25(24,21-12-6-2-7-13-21)22-14-8-3-9-15-22/h1-17,20,23-24H,18H2. The second-order valence-electron chi connectivity index (χ2n) is 7.38. The molecule has 3 unspecified atom stereocenters. The summed E-state index contributed by atoms with van der Waals surface area (Å²) in [7, 11) is 0. The lowest BCUT2D eigenvalue weighted by Crippen LogP contribution is -2.39. The maximum absolute atomic E-state index is 2.48. The van der Waals surface area contributed by atoms with Gasteiger partial charge in [-0.05, 0) is 34.9 Å². The summed E-state index contributed by atoms with van der Waals surface area (Å²) < 4.78 is 0. The van der Waals surface area contributed by atoms with E-state index in [2.05, 4.69) is 103 Å². The molecule has 0 nitrogen and oxygen atoms in total. The summed E-state index contributed by atoms with van der Waals surface area (Å²) in [5.41, 5.74) is 4.40. The first-order valence-electron chi connectivity index (χ1n) is 9.25. The zero-order valence-electron chi connectivity index (χ0n) is 14.3. The predicted molar refractivity (Wildman–Crippen MR) is 104 cm³/mol. The Hall–Kier alpha value is -2.60. The van der Waals surface area contributed by atoms with E-state index in [1.165, 1.54) is 23.1 Å². The van der Waals surface area contributed by atoms with Crippen molar-refractivity contribution in [1.29, 1.82) is 0 Å². The summed E-state index contributed by atoms with van der Waals surface area (Å²) in [6.45, 7) is 0. The van der Waals surface area contributed by atoms with Gasteiger partial charge in [0, 0.05) is 11.3 Å². The highest BCUT2D eigenvalue weighted by Crippen LogP contribution is 2.64. The molecule has 0 amide bonds. The van der Waals surface area contributed by atoms with Crippen LogP contribution in [0.4, 0.5) is 0 Å². The van der Waals surface area contributed by atoms with Crippen LogP contribution in [0.3, 0.4) is 0 Å². The zero-order valence-corrected chi connectivity index (χ0v) is 14.3. The van der Waals surface area contributed by atoms with E-state index in [0.717, 1.165) is 0 Å². The summed E-state index contributed by atoms with van der Waals surface area (Å²) in [6, 6.07) is 33.5. The Labute approximate surface area is 149 Å². The van der Waals surface area contributed by atoms with Crippen molar-refractivity contribution in [3.05, 3.63) is 120 Å². The molecule has 3 atom stereocenters. The molecule has 0 heterocycles. The van der Waals surface area contributed by atoms with E-state index in [9.17, 15) is 0 Å². The molecule has 0 saturated heterocycles. The van der Waals surface area contributed by atoms with Crippen molar-refractivity contribution in [3.8, 4) is 0 Å². The molecule has 3 aromatic rings. The number of benzene rings is 3. The third-order valence-electron chi connectivity index (χ3n) is 6.28. The van der Waals surface area contributed by atoms with Gasteiger partial charge in [-0.2, -0.15) is 0 Å². The van der Waals surface area contributed by atoms with Crippen molar-refractivity contribution in [2.24, 2.45) is 11.8 Å². The van der Waals surface area contributed by atoms with Crippen LogP contribution in [0.15, 0.2) is 103 Å². The molecule has 5 rings (SSSR count). The highest BCUT2D eigenvalue weighted by molar-refractivity contribution is 5.52. The number of hydrogen-bond donors (Lipinski definition) is 0. The van der Waals surface area contributed by atoms with Crippen molar-refractivity contribution < 1.29 is 0 Å². The number of fused-ring (bicyclic) bond motifs is 2. The number of rotatable bonds is 3. The summed E-state index contributed by atoms with van der Waals surface area (Å²) in [5, 5.41) is 0. The van der Waals surface area contributed by atoms with Crippen LogP contribution in [0.25, 0.3) is 0 Å². The minimum Gasteiger partial charge on any atom is -0.0844 e. The van der Waals surface area contributed by atoms with Gasteiger partial charge in [0.1, 0.15) is 0 Å². The molecular weight excluding hydrogens is 300 g/mol. The minimum absolute atomic E-state index is 0.0310. The average molecular weight is 322 g/mol. The molecule has 2 aliphatic carbocycles. The topological polar surface area (TPSA) is 0 Å². The lowest BCUT2D eigenvalue weighted by molar-refractivity contribution is 0.379. The fraction of sp³-hybridized carbons (Fsp3) is 0.200. The Morgan fingerprint density at radius 1 is 0.600 bits per heavy atom. The highest BCUT2D eigenvalue weighted by atomic mass is 14.6. The van der Waals surface area contributed by atoms with Gasteiger partial charge in [0.05, 0.1) is 0 Å². The third kappa shape index (κ3) is 2.07. The van der Waals surface area contributed by atoms with Gasteiger partial charge in [-0.25, -0.2) is 0 Å². The Bertz CT molecular complexity index is 838. The van der Waals surface area contributed by atoms with E-state index < -0.39 is 0 Å². The molecule has 3 aromatic carbocycles. The van der Waals surface area contributed by atoms with Crippen molar-refractivity contribution in [2.75, 3.05) is 0 Å². The van der Waals surface area contributed by atoms with Crippen molar-refractivity contribution in [1.82, 2.24) is 0 Å². The van der Waals surface area contributed by atoms with Gasteiger partial charge < -0.3 is 0 Å². The molecule has 2 aliphatic rings. The van der Waals surface area contributed by atoms with Crippen LogP contribution in [-0.2, 0) is 5.41 Å². The van der Waals surface area contributed by atoms with Crippen LogP contribution >= 0.6 is 0 Å². The minimum atomic E-state index is 0.0310. The monoisotopic (exact) mass is 322 g/mol. The van der Waals surface area contributed by atoms with Crippen LogP contribution in [0.5, 0.6) is 0 Å². The first-order chi connectivity index (χ1) is 12.4. The van der Waals surface area contributed by atoms with Crippen molar-refractivity contribution >= 4 is 0 Å². The normalized spacial score (nSPS) is 26.0. The Morgan fingerprint density at radius 2 is 1.12 bits per heavy atom. The fourth-order valence-corrected chi connectivity index (χ4v) is 5.43. The van der Waals surface area contributed by atoms with Gasteiger partial charge in [-0.3, -0.25) is 0 Å². The van der Waals surface area contributed by atoms with Gasteiger partial charge in [0.15, 0.2) is 0 Å². The largest absolute Gasteiger partial charge is 0.0844 e. The summed E-state index contributed by atoms with van der Waals surface area (Å²) in [4.78, 5) is 0. The van der Waals surface area contributed by atoms with Crippen LogP contribution in [0, 0.1) is 11.8 Å². The molecule has 0 aromatic heterocycles. The second-order valence-corrected chi connectivity index (χ2v) is 7.38. The van der Waals surface area contributed by atoms with E-state index in [-0.39, 0.29) is 5.41 Å². The Morgan fingerprint density at radius 3 is 1.68 bits per heavy atom. The predicted octanol–water partition coefficient (Wildman–Crippen LogP) is 5.96. The van der Waals surface area contributed by atoms with Crippen molar-refractivity contribution in [2.45, 2.75) is 17.8 Å². The molecule has 1 fully saturated rings. The van der Waals surface area contributed by atoms with E-state index in [4.69, 9.17) is 0 Å². The van der Waals surface area contributed by atoms with Gasteiger partial charge in [0.2, 0.25) is 0 Å².